The first-order valence-corrected chi connectivity index (χ1v) is 10.1. The molecule has 0 amide bonds. The average molecular weight is 382 g/mol. The van der Waals surface area contributed by atoms with Crippen molar-refractivity contribution in [2.45, 2.75) is 46.1 Å². The van der Waals surface area contributed by atoms with Crippen LogP contribution in [0.3, 0.4) is 0 Å². The van der Waals surface area contributed by atoms with Gasteiger partial charge in [0.25, 0.3) is 5.56 Å². The molecule has 0 saturated carbocycles. The second kappa shape index (κ2) is 7.27. The highest BCUT2D eigenvalue weighted by Crippen LogP contribution is 2.33. The van der Waals surface area contributed by atoms with Gasteiger partial charge in [-0.1, -0.05) is 19.4 Å². The van der Waals surface area contributed by atoms with Gasteiger partial charge in [-0.2, -0.15) is 0 Å². The van der Waals surface area contributed by atoms with E-state index in [1.807, 2.05) is 19.1 Å². The van der Waals surface area contributed by atoms with E-state index in [0.717, 1.165) is 24.3 Å². The Morgan fingerprint density at radius 3 is 3.04 bits per heavy atom. The normalized spacial score (nSPS) is 16.3. The van der Waals surface area contributed by atoms with E-state index in [9.17, 15) is 9.59 Å². The second-order valence-corrected chi connectivity index (χ2v) is 8.31. The number of nitrogens with zero attached hydrogens (tertiary/aromatic N) is 2. The van der Waals surface area contributed by atoms with Gasteiger partial charge in [-0.05, 0) is 55.4 Å². The molecule has 0 unspecified atom stereocenters. The number of fused-ring (bicyclic) bond motifs is 2. The lowest BCUT2D eigenvalue weighted by atomic mass is 9.87. The number of rotatable bonds is 4. The highest BCUT2D eigenvalue weighted by Gasteiger charge is 2.22. The molecule has 0 bridgehead atoms. The molecule has 3 heterocycles. The highest BCUT2D eigenvalue weighted by atomic mass is 32.1. The van der Waals surface area contributed by atoms with Crippen LogP contribution in [0.4, 0.5) is 0 Å². The Morgan fingerprint density at radius 2 is 2.22 bits per heavy atom. The van der Waals surface area contributed by atoms with Crippen molar-refractivity contribution in [1.29, 1.82) is 0 Å². The van der Waals surface area contributed by atoms with Gasteiger partial charge in [0.05, 0.1) is 5.69 Å². The SMILES string of the molecule is CC[C@@H]1CCc2sc(C(=O)OCc3cc(=O)n4cc(C)ccc4n3)cc2C1. The van der Waals surface area contributed by atoms with Gasteiger partial charge in [0.2, 0.25) is 0 Å². The number of thiophene rings is 1. The molecule has 0 aromatic carbocycles. The van der Waals surface area contributed by atoms with Gasteiger partial charge < -0.3 is 4.74 Å². The van der Waals surface area contributed by atoms with Gasteiger partial charge >= 0.3 is 5.97 Å². The van der Waals surface area contributed by atoms with Gasteiger partial charge in [-0.3, -0.25) is 9.20 Å². The summed E-state index contributed by atoms with van der Waals surface area (Å²) in [5, 5.41) is 0. The van der Waals surface area contributed by atoms with Crippen LogP contribution in [0, 0.1) is 12.8 Å². The van der Waals surface area contributed by atoms with E-state index >= 15 is 0 Å². The minimum atomic E-state index is -0.339. The number of aryl methyl sites for hydroxylation is 2. The summed E-state index contributed by atoms with van der Waals surface area (Å²) < 4.78 is 6.93. The number of carbonyl (C=O) groups is 1. The Morgan fingerprint density at radius 1 is 1.37 bits per heavy atom. The number of esters is 1. The first kappa shape index (κ1) is 17.9. The molecule has 0 aliphatic heterocycles. The minimum Gasteiger partial charge on any atom is -0.455 e. The van der Waals surface area contributed by atoms with E-state index in [0.29, 0.717) is 16.2 Å². The summed E-state index contributed by atoms with van der Waals surface area (Å²) in [5.74, 6) is 0.378. The van der Waals surface area contributed by atoms with Crippen molar-refractivity contribution in [2.24, 2.45) is 5.92 Å². The molecule has 140 valence electrons. The smallest absolute Gasteiger partial charge is 0.348 e. The monoisotopic (exact) mass is 382 g/mol. The van der Waals surface area contributed by atoms with Crippen molar-refractivity contribution in [3.63, 3.8) is 0 Å². The third-order valence-corrected chi connectivity index (χ3v) is 6.39. The van der Waals surface area contributed by atoms with Crippen LogP contribution in [0.5, 0.6) is 0 Å². The molecule has 4 rings (SSSR count). The molecule has 3 aromatic rings. The lowest BCUT2D eigenvalue weighted by molar-refractivity contribution is 0.0473. The van der Waals surface area contributed by atoms with Gasteiger partial charge in [-0.15, -0.1) is 11.3 Å². The minimum absolute atomic E-state index is 0.00139. The Kier molecular flexibility index (Phi) is 4.83. The topological polar surface area (TPSA) is 60.7 Å². The number of ether oxygens (including phenoxy) is 1. The van der Waals surface area contributed by atoms with Gasteiger partial charge in [0.1, 0.15) is 17.1 Å². The predicted molar refractivity (Wildman–Crippen MR) is 105 cm³/mol. The molecule has 0 saturated heterocycles. The van der Waals surface area contributed by atoms with Gasteiger partial charge in [-0.25, -0.2) is 9.78 Å². The molecular formula is C21H22N2O3S. The van der Waals surface area contributed by atoms with Crippen LogP contribution >= 0.6 is 11.3 Å². The zero-order chi connectivity index (χ0) is 19.0. The summed E-state index contributed by atoms with van der Waals surface area (Å²) >= 11 is 1.54. The van der Waals surface area contributed by atoms with Crippen LogP contribution in [0.25, 0.3) is 5.65 Å². The van der Waals surface area contributed by atoms with Gasteiger partial charge in [0.15, 0.2) is 0 Å². The summed E-state index contributed by atoms with van der Waals surface area (Å²) in [6, 6.07) is 7.09. The van der Waals surface area contributed by atoms with E-state index < -0.39 is 0 Å². The summed E-state index contributed by atoms with van der Waals surface area (Å²) in [7, 11) is 0. The number of hydrogen-bond donors (Lipinski definition) is 0. The maximum absolute atomic E-state index is 12.5. The van der Waals surface area contributed by atoms with E-state index in [1.54, 1.807) is 12.3 Å². The van der Waals surface area contributed by atoms with Crippen molar-refractivity contribution in [1.82, 2.24) is 9.38 Å². The molecular weight excluding hydrogens is 360 g/mol. The van der Waals surface area contributed by atoms with E-state index in [4.69, 9.17) is 4.74 Å². The third kappa shape index (κ3) is 3.67. The number of aromatic nitrogens is 2. The predicted octanol–water partition coefficient (Wildman–Crippen LogP) is 3.94. The molecule has 1 aliphatic rings. The Hall–Kier alpha value is -2.47. The van der Waals surface area contributed by atoms with Crippen molar-refractivity contribution in [3.8, 4) is 0 Å². The van der Waals surface area contributed by atoms with Crippen molar-refractivity contribution in [3.05, 3.63) is 67.4 Å². The van der Waals surface area contributed by atoms with Crippen molar-refractivity contribution >= 4 is 23.0 Å². The fourth-order valence-corrected chi connectivity index (χ4v) is 4.69. The lowest BCUT2D eigenvalue weighted by Gasteiger charge is -2.19. The van der Waals surface area contributed by atoms with Crippen molar-refractivity contribution in [2.75, 3.05) is 0 Å². The average Bonchev–Trinajstić information content (AvgIpc) is 3.10. The molecule has 1 aliphatic carbocycles. The first-order valence-electron chi connectivity index (χ1n) is 9.31. The van der Waals surface area contributed by atoms with E-state index in [-0.39, 0.29) is 18.1 Å². The molecule has 5 nitrogen and oxygen atoms in total. The quantitative estimate of drug-likeness (QED) is 0.642. The molecule has 3 aromatic heterocycles. The number of pyridine rings is 1. The fraction of sp³-hybridized carbons (Fsp3) is 0.381. The zero-order valence-electron chi connectivity index (χ0n) is 15.5. The lowest BCUT2D eigenvalue weighted by Crippen LogP contribution is -2.16. The standard InChI is InChI=1S/C21H22N2O3S/c1-3-14-5-6-17-15(8-14)9-18(27-17)21(25)26-12-16-10-20(24)23-11-13(2)4-7-19(23)22-16/h4,7,9-11,14H,3,5-6,8,12H2,1-2H3/t14-/m1/s1. The zero-order valence-corrected chi connectivity index (χ0v) is 16.3. The van der Waals surface area contributed by atoms with Crippen LogP contribution in [-0.2, 0) is 24.2 Å². The van der Waals surface area contributed by atoms with Crippen LogP contribution in [0.15, 0.2) is 35.3 Å². The van der Waals surface area contributed by atoms with Crippen LogP contribution < -0.4 is 5.56 Å². The fourth-order valence-electron chi connectivity index (χ4n) is 3.59. The summed E-state index contributed by atoms with van der Waals surface area (Å²) in [5.41, 5.74) is 3.12. The maximum atomic E-state index is 12.5. The summed E-state index contributed by atoms with van der Waals surface area (Å²) in [6.07, 6.45) is 6.23. The summed E-state index contributed by atoms with van der Waals surface area (Å²) in [6.45, 7) is 4.14. The summed E-state index contributed by atoms with van der Waals surface area (Å²) in [4.78, 5) is 31.1. The van der Waals surface area contributed by atoms with Crippen molar-refractivity contribution < 1.29 is 9.53 Å². The molecule has 0 fully saturated rings. The van der Waals surface area contributed by atoms with Gasteiger partial charge in [0, 0.05) is 17.1 Å². The highest BCUT2D eigenvalue weighted by molar-refractivity contribution is 7.14. The first-order chi connectivity index (χ1) is 13.0. The van der Waals surface area contributed by atoms with Crippen LogP contribution in [0.2, 0.25) is 0 Å². The Labute approximate surface area is 161 Å². The molecule has 0 N–H and O–H groups in total. The third-order valence-electron chi connectivity index (χ3n) is 5.18. The Bertz CT molecular complexity index is 1070. The number of carbonyl (C=O) groups excluding carboxylic acids is 1. The Balaban J connectivity index is 1.48. The maximum Gasteiger partial charge on any atom is 0.348 e. The number of hydrogen-bond acceptors (Lipinski definition) is 5. The molecule has 6 heteroatoms. The van der Waals surface area contributed by atoms with E-state index in [1.165, 1.54) is 45.1 Å². The van der Waals surface area contributed by atoms with Crippen LogP contribution in [0.1, 0.15) is 51.1 Å². The molecule has 0 radical (unpaired) electrons. The molecule has 1 atom stereocenters. The van der Waals surface area contributed by atoms with E-state index in [2.05, 4.69) is 11.9 Å². The molecule has 0 spiro atoms. The largest absolute Gasteiger partial charge is 0.455 e. The van der Waals surface area contributed by atoms with Crippen LogP contribution in [-0.4, -0.2) is 15.4 Å². The molecule has 27 heavy (non-hydrogen) atoms. The second-order valence-electron chi connectivity index (χ2n) is 7.17.